The average molecular weight is 393 g/mol. The van der Waals surface area contributed by atoms with Gasteiger partial charge in [0.2, 0.25) is 0 Å². The molecule has 1 aromatic heterocycles. The summed E-state index contributed by atoms with van der Waals surface area (Å²) in [5.41, 5.74) is 5.09. The number of nitrogens with zero attached hydrogens (tertiary/aromatic N) is 2. The molecular formula is C26H17ClN2. The van der Waals surface area contributed by atoms with Crippen LogP contribution in [0.2, 0.25) is 5.15 Å². The lowest BCUT2D eigenvalue weighted by molar-refractivity contribution is 1.18. The van der Waals surface area contributed by atoms with Crippen LogP contribution < -0.4 is 0 Å². The quantitative estimate of drug-likeness (QED) is 0.301. The minimum absolute atomic E-state index is 0.435. The maximum atomic E-state index is 6.32. The van der Waals surface area contributed by atoms with Gasteiger partial charge in [0.25, 0.3) is 0 Å². The highest BCUT2D eigenvalue weighted by atomic mass is 35.5. The van der Waals surface area contributed by atoms with E-state index in [1.54, 1.807) is 0 Å². The number of halogens is 1. The average Bonchev–Trinajstić information content (AvgIpc) is 2.79. The predicted octanol–water partition coefficient (Wildman–Crippen LogP) is 7.28. The van der Waals surface area contributed by atoms with E-state index >= 15 is 0 Å². The summed E-state index contributed by atoms with van der Waals surface area (Å²) >= 11 is 6.32. The standard InChI is InChI=1S/C26H17ClN2/c27-25-17-24(28-26(29-25)19-8-2-1-3-9-19)23-12-6-11-21(16-23)22-14-13-18-7-4-5-10-20(18)15-22/h1-17H. The molecule has 0 aliphatic carbocycles. The third-order valence-corrected chi connectivity index (χ3v) is 5.16. The molecule has 0 bridgehead atoms. The molecule has 0 aliphatic heterocycles. The number of benzene rings is 4. The van der Waals surface area contributed by atoms with Crippen molar-refractivity contribution >= 4 is 22.4 Å². The van der Waals surface area contributed by atoms with Crippen molar-refractivity contribution in [3.8, 4) is 33.8 Å². The Hall–Kier alpha value is -3.49. The van der Waals surface area contributed by atoms with Gasteiger partial charge in [-0.1, -0.05) is 96.5 Å². The highest BCUT2D eigenvalue weighted by Gasteiger charge is 2.09. The maximum absolute atomic E-state index is 6.32. The molecule has 0 aliphatic rings. The zero-order valence-electron chi connectivity index (χ0n) is 15.6. The Bertz CT molecular complexity index is 1310. The fourth-order valence-electron chi connectivity index (χ4n) is 3.51. The smallest absolute Gasteiger partial charge is 0.161 e. The molecule has 0 unspecified atom stereocenters. The van der Waals surface area contributed by atoms with Crippen LogP contribution in [0.3, 0.4) is 0 Å². The predicted molar refractivity (Wildman–Crippen MR) is 121 cm³/mol. The molecular weight excluding hydrogens is 376 g/mol. The van der Waals surface area contributed by atoms with Crippen LogP contribution in [0.5, 0.6) is 0 Å². The summed E-state index contributed by atoms with van der Waals surface area (Å²) in [5.74, 6) is 0.629. The molecule has 0 radical (unpaired) electrons. The molecule has 0 saturated carbocycles. The highest BCUT2D eigenvalue weighted by molar-refractivity contribution is 6.29. The maximum Gasteiger partial charge on any atom is 0.161 e. The Morgan fingerprint density at radius 2 is 1.17 bits per heavy atom. The van der Waals surface area contributed by atoms with Crippen LogP contribution in [-0.4, -0.2) is 9.97 Å². The van der Waals surface area contributed by atoms with E-state index in [-0.39, 0.29) is 0 Å². The van der Waals surface area contributed by atoms with Gasteiger partial charge in [0.15, 0.2) is 5.82 Å². The van der Waals surface area contributed by atoms with Crippen molar-refractivity contribution in [2.24, 2.45) is 0 Å². The molecule has 1 heterocycles. The van der Waals surface area contributed by atoms with Gasteiger partial charge in [-0.3, -0.25) is 0 Å². The lowest BCUT2D eigenvalue weighted by atomic mass is 9.99. The molecule has 0 fully saturated rings. The second-order valence-electron chi connectivity index (χ2n) is 6.91. The van der Waals surface area contributed by atoms with Crippen LogP contribution in [0.1, 0.15) is 0 Å². The number of rotatable bonds is 3. The van der Waals surface area contributed by atoms with E-state index in [4.69, 9.17) is 16.6 Å². The molecule has 138 valence electrons. The Balaban J connectivity index is 1.58. The number of aromatic nitrogens is 2. The van der Waals surface area contributed by atoms with Crippen LogP contribution in [0, 0.1) is 0 Å². The van der Waals surface area contributed by atoms with Crippen LogP contribution in [0.4, 0.5) is 0 Å². The molecule has 3 heteroatoms. The SMILES string of the molecule is Clc1cc(-c2cccc(-c3ccc4ccccc4c3)c2)nc(-c2ccccc2)n1. The van der Waals surface area contributed by atoms with Gasteiger partial charge in [0.1, 0.15) is 5.15 Å². The van der Waals surface area contributed by atoms with Crippen molar-refractivity contribution in [2.75, 3.05) is 0 Å². The first-order valence-corrected chi connectivity index (χ1v) is 9.84. The van der Waals surface area contributed by atoms with Gasteiger partial charge < -0.3 is 0 Å². The zero-order chi connectivity index (χ0) is 19.6. The van der Waals surface area contributed by atoms with Crippen molar-refractivity contribution in [3.63, 3.8) is 0 Å². The van der Waals surface area contributed by atoms with Gasteiger partial charge in [-0.05, 0) is 34.0 Å². The van der Waals surface area contributed by atoms with Gasteiger partial charge in [0.05, 0.1) is 5.69 Å². The summed E-state index contributed by atoms with van der Waals surface area (Å²) in [6.07, 6.45) is 0. The molecule has 0 amide bonds. The first-order chi connectivity index (χ1) is 14.3. The summed E-state index contributed by atoms with van der Waals surface area (Å²) < 4.78 is 0. The van der Waals surface area contributed by atoms with Gasteiger partial charge in [-0.2, -0.15) is 0 Å². The van der Waals surface area contributed by atoms with Crippen LogP contribution >= 0.6 is 11.6 Å². The molecule has 0 spiro atoms. The van der Waals surface area contributed by atoms with Gasteiger partial charge in [-0.25, -0.2) is 9.97 Å². The Morgan fingerprint density at radius 3 is 2.03 bits per heavy atom. The molecule has 0 atom stereocenters. The van der Waals surface area contributed by atoms with Crippen molar-refractivity contribution in [2.45, 2.75) is 0 Å². The third-order valence-electron chi connectivity index (χ3n) is 4.97. The summed E-state index contributed by atoms with van der Waals surface area (Å²) in [5, 5.41) is 2.90. The second kappa shape index (κ2) is 7.50. The fourth-order valence-corrected chi connectivity index (χ4v) is 3.69. The van der Waals surface area contributed by atoms with Crippen LogP contribution in [-0.2, 0) is 0 Å². The second-order valence-corrected chi connectivity index (χ2v) is 7.30. The van der Waals surface area contributed by atoms with Gasteiger partial charge in [0, 0.05) is 17.2 Å². The normalized spacial score (nSPS) is 10.9. The Kier molecular flexibility index (Phi) is 4.55. The fraction of sp³-hybridized carbons (Fsp3) is 0. The molecule has 2 nitrogen and oxygen atoms in total. The number of hydrogen-bond donors (Lipinski definition) is 0. The van der Waals surface area contributed by atoms with Crippen molar-refractivity contribution in [1.82, 2.24) is 9.97 Å². The van der Waals surface area contributed by atoms with Crippen LogP contribution in [0.15, 0.2) is 103 Å². The van der Waals surface area contributed by atoms with E-state index in [9.17, 15) is 0 Å². The number of hydrogen-bond acceptors (Lipinski definition) is 2. The molecule has 29 heavy (non-hydrogen) atoms. The molecule has 5 aromatic rings. The summed E-state index contributed by atoms with van der Waals surface area (Å²) in [6, 6.07) is 35.0. The van der Waals surface area contributed by atoms with Gasteiger partial charge >= 0.3 is 0 Å². The topological polar surface area (TPSA) is 25.8 Å². The minimum atomic E-state index is 0.435. The van der Waals surface area contributed by atoms with Crippen molar-refractivity contribution in [1.29, 1.82) is 0 Å². The Morgan fingerprint density at radius 1 is 0.483 bits per heavy atom. The summed E-state index contributed by atoms with van der Waals surface area (Å²) in [6.45, 7) is 0. The Labute approximate surface area is 174 Å². The van der Waals surface area contributed by atoms with Crippen molar-refractivity contribution < 1.29 is 0 Å². The van der Waals surface area contributed by atoms with Crippen LogP contribution in [0.25, 0.3) is 44.5 Å². The highest BCUT2D eigenvalue weighted by Crippen LogP contribution is 2.30. The van der Waals surface area contributed by atoms with E-state index in [0.29, 0.717) is 11.0 Å². The third kappa shape index (κ3) is 3.63. The molecule has 5 rings (SSSR count). The number of fused-ring (bicyclic) bond motifs is 1. The van der Waals surface area contributed by atoms with Crippen molar-refractivity contribution in [3.05, 3.63) is 108 Å². The largest absolute Gasteiger partial charge is 0.228 e. The van der Waals surface area contributed by atoms with E-state index in [0.717, 1.165) is 22.4 Å². The summed E-state index contributed by atoms with van der Waals surface area (Å²) in [4.78, 5) is 9.16. The first kappa shape index (κ1) is 17.6. The first-order valence-electron chi connectivity index (χ1n) is 9.46. The lowest BCUT2D eigenvalue weighted by Crippen LogP contribution is -1.93. The molecule has 0 saturated heterocycles. The van der Waals surface area contributed by atoms with Gasteiger partial charge in [-0.15, -0.1) is 0 Å². The lowest BCUT2D eigenvalue weighted by Gasteiger charge is -2.09. The van der Waals surface area contributed by atoms with E-state index in [1.165, 1.54) is 16.3 Å². The minimum Gasteiger partial charge on any atom is -0.228 e. The van der Waals surface area contributed by atoms with E-state index in [1.807, 2.05) is 36.4 Å². The monoisotopic (exact) mass is 392 g/mol. The zero-order valence-corrected chi connectivity index (χ0v) is 16.3. The van der Waals surface area contributed by atoms with E-state index < -0.39 is 0 Å². The summed E-state index contributed by atoms with van der Waals surface area (Å²) in [7, 11) is 0. The van der Waals surface area contributed by atoms with E-state index in [2.05, 4.69) is 71.7 Å². The molecule has 0 N–H and O–H groups in total. The molecule has 4 aromatic carbocycles.